The summed E-state index contributed by atoms with van der Waals surface area (Å²) in [4.78, 5) is 41.3. The standard InChI is InChI=1S/C28H24N4O6/c1-2-37-28(36)32-12-10-31(11-13-32)21-15-20(29-17-7-5-6-16(14-17)27(34)35)22-23-24(21)30-38-26(23)19-9-4-3-8-18(19)25(22)33/h3-9,14-15,29H,2,10-13H2,1H3,(H,34,35). The number of aromatic nitrogens is 1. The molecule has 1 saturated heterocycles. The number of ketones is 1. The number of hydrogen-bond donors (Lipinski definition) is 2. The highest BCUT2D eigenvalue weighted by Gasteiger charge is 2.34. The van der Waals surface area contributed by atoms with Gasteiger partial charge in [-0.3, -0.25) is 4.79 Å². The number of hydrogen-bond acceptors (Lipinski definition) is 8. The molecule has 10 heteroatoms. The number of ether oxygens (including phenoxy) is 1. The van der Waals surface area contributed by atoms with E-state index in [9.17, 15) is 19.5 Å². The second-order valence-electron chi connectivity index (χ2n) is 9.11. The molecule has 192 valence electrons. The number of amides is 1. The van der Waals surface area contributed by atoms with E-state index < -0.39 is 5.97 Å². The van der Waals surface area contributed by atoms with Crippen molar-refractivity contribution in [1.82, 2.24) is 10.1 Å². The summed E-state index contributed by atoms with van der Waals surface area (Å²) in [6.45, 7) is 4.10. The third-order valence-corrected chi connectivity index (χ3v) is 6.91. The molecule has 0 bridgehead atoms. The summed E-state index contributed by atoms with van der Waals surface area (Å²) >= 11 is 0. The number of carbonyl (C=O) groups is 3. The lowest BCUT2D eigenvalue weighted by Gasteiger charge is -2.36. The van der Waals surface area contributed by atoms with Gasteiger partial charge in [-0.1, -0.05) is 35.5 Å². The van der Waals surface area contributed by atoms with E-state index >= 15 is 0 Å². The first kappa shape index (κ1) is 23.5. The maximum atomic E-state index is 13.8. The fraction of sp³-hybridized carbons (Fsp3) is 0.214. The Hall–Kier alpha value is -4.86. The molecular weight excluding hydrogens is 488 g/mol. The largest absolute Gasteiger partial charge is 0.478 e. The molecule has 2 N–H and O–H groups in total. The van der Waals surface area contributed by atoms with E-state index in [0.717, 1.165) is 5.69 Å². The topological polar surface area (TPSA) is 125 Å². The first-order chi connectivity index (χ1) is 18.5. The van der Waals surface area contributed by atoms with Crippen LogP contribution in [0.4, 0.5) is 21.9 Å². The van der Waals surface area contributed by atoms with Crippen LogP contribution in [-0.2, 0) is 4.74 Å². The number of nitrogens with one attached hydrogen (secondary N) is 1. The van der Waals surface area contributed by atoms with Gasteiger partial charge < -0.3 is 29.5 Å². The fourth-order valence-electron chi connectivity index (χ4n) is 5.11. The van der Waals surface area contributed by atoms with Crippen LogP contribution in [0.3, 0.4) is 0 Å². The predicted octanol–water partition coefficient (Wildman–Crippen LogP) is 4.76. The van der Waals surface area contributed by atoms with Gasteiger partial charge in [0.2, 0.25) is 0 Å². The maximum Gasteiger partial charge on any atom is 0.409 e. The van der Waals surface area contributed by atoms with Gasteiger partial charge in [0.1, 0.15) is 5.52 Å². The van der Waals surface area contributed by atoms with Crippen LogP contribution in [0.15, 0.2) is 59.1 Å². The molecule has 0 radical (unpaired) electrons. The average molecular weight is 513 g/mol. The van der Waals surface area contributed by atoms with Crippen molar-refractivity contribution >= 4 is 45.8 Å². The second-order valence-corrected chi connectivity index (χ2v) is 9.11. The van der Waals surface area contributed by atoms with Crippen LogP contribution in [0.2, 0.25) is 0 Å². The molecule has 0 spiro atoms. The number of nitrogens with zero attached hydrogens (tertiary/aromatic N) is 3. The zero-order valence-corrected chi connectivity index (χ0v) is 20.6. The molecule has 0 saturated carbocycles. The minimum atomic E-state index is -1.04. The summed E-state index contributed by atoms with van der Waals surface area (Å²) in [6, 6.07) is 15.5. The summed E-state index contributed by atoms with van der Waals surface area (Å²) in [7, 11) is 0. The lowest BCUT2D eigenvalue weighted by Crippen LogP contribution is -2.49. The van der Waals surface area contributed by atoms with Crippen molar-refractivity contribution < 1.29 is 28.8 Å². The number of carboxylic acid groups (broad SMARTS) is 1. The molecule has 1 aliphatic carbocycles. The minimum Gasteiger partial charge on any atom is -0.478 e. The molecule has 1 aromatic heterocycles. The summed E-state index contributed by atoms with van der Waals surface area (Å²) in [5.41, 5.74) is 4.10. The molecule has 2 aliphatic rings. The molecule has 0 unspecified atom stereocenters. The molecule has 1 fully saturated rings. The number of benzene rings is 3. The van der Waals surface area contributed by atoms with Gasteiger partial charge in [-0.15, -0.1) is 0 Å². The Morgan fingerprint density at radius 3 is 2.55 bits per heavy atom. The fourth-order valence-corrected chi connectivity index (χ4v) is 5.11. The highest BCUT2D eigenvalue weighted by Crippen LogP contribution is 2.46. The number of aromatic carboxylic acids is 1. The number of carbonyl (C=O) groups excluding carboxylic acids is 2. The Bertz CT molecular complexity index is 1600. The van der Waals surface area contributed by atoms with Crippen molar-refractivity contribution in [2.24, 2.45) is 0 Å². The molecule has 10 nitrogen and oxygen atoms in total. The maximum absolute atomic E-state index is 13.8. The molecule has 4 aromatic rings. The van der Waals surface area contributed by atoms with E-state index in [1.807, 2.05) is 18.2 Å². The molecule has 3 aromatic carbocycles. The molecule has 0 atom stereocenters. The monoisotopic (exact) mass is 512 g/mol. The zero-order chi connectivity index (χ0) is 26.4. The van der Waals surface area contributed by atoms with E-state index in [0.29, 0.717) is 77.5 Å². The second kappa shape index (κ2) is 9.22. The van der Waals surface area contributed by atoms with Crippen LogP contribution in [0.1, 0.15) is 33.2 Å². The van der Waals surface area contributed by atoms with Crippen molar-refractivity contribution in [2.75, 3.05) is 43.0 Å². The smallest absolute Gasteiger partial charge is 0.409 e. The Labute approximate surface area is 217 Å². The molecular formula is C28H24N4O6. The molecule has 2 heterocycles. The van der Waals surface area contributed by atoms with Gasteiger partial charge in [0.15, 0.2) is 11.5 Å². The minimum absolute atomic E-state index is 0.127. The average Bonchev–Trinajstić information content (AvgIpc) is 3.38. The van der Waals surface area contributed by atoms with Crippen molar-refractivity contribution in [3.63, 3.8) is 0 Å². The summed E-state index contributed by atoms with van der Waals surface area (Å²) in [5, 5.41) is 17.7. The highest BCUT2D eigenvalue weighted by molar-refractivity contribution is 6.28. The van der Waals surface area contributed by atoms with Crippen LogP contribution in [0, 0.1) is 0 Å². The Morgan fingerprint density at radius 2 is 1.82 bits per heavy atom. The van der Waals surface area contributed by atoms with E-state index in [4.69, 9.17) is 9.26 Å². The van der Waals surface area contributed by atoms with Crippen LogP contribution in [0.25, 0.3) is 22.2 Å². The first-order valence-corrected chi connectivity index (χ1v) is 12.3. The Balaban J connectivity index is 1.47. The van der Waals surface area contributed by atoms with Gasteiger partial charge in [0, 0.05) is 43.0 Å². The Kier molecular flexibility index (Phi) is 5.71. The number of piperazine rings is 1. The third-order valence-electron chi connectivity index (χ3n) is 6.91. The van der Waals surface area contributed by atoms with Crippen LogP contribution < -0.4 is 10.2 Å². The molecule has 6 rings (SSSR count). The normalized spacial score (nSPS) is 14.4. The molecule has 38 heavy (non-hydrogen) atoms. The number of anilines is 3. The van der Waals surface area contributed by atoms with Gasteiger partial charge in [-0.25, -0.2) is 9.59 Å². The molecule has 1 amide bonds. The third kappa shape index (κ3) is 3.81. The zero-order valence-electron chi connectivity index (χ0n) is 20.6. The SMILES string of the molecule is CCOC(=O)N1CCN(c2cc(Nc3cccc(C(=O)O)c3)c3c4c(onc24)-c2ccccc2C3=O)CC1. The van der Waals surface area contributed by atoms with Crippen LogP contribution in [-0.4, -0.2) is 65.8 Å². The van der Waals surface area contributed by atoms with Crippen molar-refractivity contribution in [2.45, 2.75) is 6.92 Å². The van der Waals surface area contributed by atoms with Gasteiger partial charge in [-0.05, 0) is 31.2 Å². The van der Waals surface area contributed by atoms with Crippen molar-refractivity contribution in [3.8, 4) is 11.3 Å². The lowest BCUT2D eigenvalue weighted by molar-refractivity contribution is 0.0696. The van der Waals surface area contributed by atoms with E-state index in [2.05, 4.69) is 15.4 Å². The van der Waals surface area contributed by atoms with E-state index in [1.54, 1.807) is 36.1 Å². The summed E-state index contributed by atoms with van der Waals surface area (Å²) in [6.07, 6.45) is -0.339. The number of fused-ring (bicyclic) bond motifs is 2. The highest BCUT2D eigenvalue weighted by atomic mass is 16.6. The van der Waals surface area contributed by atoms with Gasteiger partial charge in [0.25, 0.3) is 0 Å². The quantitative estimate of drug-likeness (QED) is 0.343. The van der Waals surface area contributed by atoms with Crippen molar-refractivity contribution in [1.29, 1.82) is 0 Å². The predicted molar refractivity (Wildman–Crippen MR) is 140 cm³/mol. The van der Waals surface area contributed by atoms with Crippen molar-refractivity contribution in [3.05, 3.63) is 71.3 Å². The molecule has 1 aliphatic heterocycles. The summed E-state index contributed by atoms with van der Waals surface area (Å²) in [5.74, 6) is -0.701. The van der Waals surface area contributed by atoms with Gasteiger partial charge in [-0.2, -0.15) is 0 Å². The van der Waals surface area contributed by atoms with Gasteiger partial charge in [0.05, 0.1) is 34.5 Å². The Morgan fingerprint density at radius 1 is 1.05 bits per heavy atom. The van der Waals surface area contributed by atoms with Crippen LogP contribution in [0.5, 0.6) is 0 Å². The number of rotatable bonds is 5. The number of carboxylic acids is 1. The van der Waals surface area contributed by atoms with E-state index in [1.165, 1.54) is 12.1 Å². The van der Waals surface area contributed by atoms with Gasteiger partial charge >= 0.3 is 12.1 Å². The first-order valence-electron chi connectivity index (χ1n) is 12.3. The lowest BCUT2D eigenvalue weighted by atomic mass is 9.86. The van der Waals surface area contributed by atoms with Crippen LogP contribution >= 0.6 is 0 Å². The summed E-state index contributed by atoms with van der Waals surface area (Å²) < 4.78 is 11.0. The van der Waals surface area contributed by atoms with E-state index in [-0.39, 0.29) is 17.4 Å².